The topological polar surface area (TPSA) is 54.5 Å². The fraction of sp³-hybridized carbons (Fsp3) is 0.333. The summed E-state index contributed by atoms with van der Waals surface area (Å²) in [6, 6.07) is 13.7. The molecular formula is C18H20BrN3O2. The molecule has 5 nitrogen and oxygen atoms in total. The first-order valence-electron chi connectivity index (χ1n) is 8.01. The highest BCUT2D eigenvalue weighted by atomic mass is 79.9. The van der Waals surface area contributed by atoms with Gasteiger partial charge in [-0.25, -0.2) is 4.98 Å². The Balaban J connectivity index is 1.74. The van der Waals surface area contributed by atoms with E-state index in [9.17, 15) is 4.79 Å². The lowest BCUT2D eigenvalue weighted by atomic mass is 9.97. The number of rotatable bonds is 5. The second-order valence-corrected chi connectivity index (χ2v) is 6.56. The highest BCUT2D eigenvalue weighted by Crippen LogP contribution is 2.20. The van der Waals surface area contributed by atoms with Crippen molar-refractivity contribution in [1.29, 1.82) is 0 Å². The fourth-order valence-corrected chi connectivity index (χ4v) is 2.96. The molecule has 0 aliphatic carbocycles. The number of carbonyl (C=O) groups excluding carboxylic acids is 1. The van der Waals surface area contributed by atoms with Gasteiger partial charge in [-0.3, -0.25) is 4.79 Å². The zero-order valence-electron chi connectivity index (χ0n) is 13.3. The van der Waals surface area contributed by atoms with Gasteiger partial charge in [-0.1, -0.05) is 30.3 Å². The summed E-state index contributed by atoms with van der Waals surface area (Å²) in [5.41, 5.74) is 1.01. The molecule has 1 saturated heterocycles. The van der Waals surface area contributed by atoms with Gasteiger partial charge in [0.15, 0.2) is 0 Å². The van der Waals surface area contributed by atoms with Gasteiger partial charge in [0.1, 0.15) is 5.82 Å². The number of amides is 1. The molecule has 1 N–H and O–H groups in total. The lowest BCUT2D eigenvalue weighted by Crippen LogP contribution is -2.44. The van der Waals surface area contributed by atoms with Crippen molar-refractivity contribution in [2.75, 3.05) is 38.2 Å². The van der Waals surface area contributed by atoms with Crippen molar-refractivity contribution in [3.05, 3.63) is 58.7 Å². The van der Waals surface area contributed by atoms with Crippen LogP contribution in [-0.4, -0.2) is 48.6 Å². The van der Waals surface area contributed by atoms with Crippen LogP contribution in [0.2, 0.25) is 0 Å². The Bertz CT molecular complexity index is 658. The first-order valence-corrected chi connectivity index (χ1v) is 8.80. The molecule has 1 fully saturated rings. The summed E-state index contributed by atoms with van der Waals surface area (Å²) >= 11 is 3.37. The number of benzene rings is 1. The minimum absolute atomic E-state index is 0.133. The van der Waals surface area contributed by atoms with E-state index in [2.05, 4.69) is 26.2 Å². The third-order valence-electron chi connectivity index (χ3n) is 4.04. The van der Waals surface area contributed by atoms with Crippen LogP contribution in [0.4, 0.5) is 5.82 Å². The van der Waals surface area contributed by atoms with Gasteiger partial charge in [0.2, 0.25) is 5.91 Å². The number of carbonyl (C=O) groups is 1. The lowest BCUT2D eigenvalue weighted by Gasteiger charge is -2.30. The Morgan fingerprint density at radius 1 is 1.21 bits per heavy atom. The van der Waals surface area contributed by atoms with Crippen molar-refractivity contribution < 1.29 is 9.53 Å². The fourth-order valence-electron chi connectivity index (χ4n) is 2.72. The van der Waals surface area contributed by atoms with Crippen LogP contribution in [0.1, 0.15) is 11.5 Å². The predicted molar refractivity (Wildman–Crippen MR) is 97.0 cm³/mol. The number of halogens is 1. The highest BCUT2D eigenvalue weighted by Gasteiger charge is 2.27. The molecule has 24 heavy (non-hydrogen) atoms. The van der Waals surface area contributed by atoms with E-state index in [1.165, 1.54) is 0 Å². The average molecular weight is 390 g/mol. The molecule has 0 bridgehead atoms. The molecule has 1 unspecified atom stereocenters. The van der Waals surface area contributed by atoms with Gasteiger partial charge in [0.25, 0.3) is 0 Å². The molecule has 0 radical (unpaired) electrons. The zero-order valence-corrected chi connectivity index (χ0v) is 14.9. The second-order valence-electron chi connectivity index (χ2n) is 5.64. The molecule has 1 aromatic heterocycles. The molecule has 1 atom stereocenters. The SMILES string of the molecule is O=C(C(CNc1ccc(Br)cn1)c1ccccc1)N1CCOCC1. The van der Waals surface area contributed by atoms with Crippen LogP contribution in [0.15, 0.2) is 53.1 Å². The van der Waals surface area contributed by atoms with Crippen LogP contribution in [0.3, 0.4) is 0 Å². The Hall–Kier alpha value is -1.92. The second kappa shape index (κ2) is 8.26. The minimum Gasteiger partial charge on any atom is -0.378 e. The maximum Gasteiger partial charge on any atom is 0.232 e. The number of hydrogen-bond acceptors (Lipinski definition) is 4. The number of anilines is 1. The maximum atomic E-state index is 13.0. The van der Waals surface area contributed by atoms with Gasteiger partial charge in [-0.2, -0.15) is 0 Å². The average Bonchev–Trinajstić information content (AvgIpc) is 2.65. The summed E-state index contributed by atoms with van der Waals surface area (Å²) in [6.45, 7) is 3.02. The van der Waals surface area contributed by atoms with E-state index < -0.39 is 0 Å². The molecule has 1 aliphatic rings. The van der Waals surface area contributed by atoms with Gasteiger partial charge in [-0.15, -0.1) is 0 Å². The summed E-state index contributed by atoms with van der Waals surface area (Å²) < 4.78 is 6.28. The van der Waals surface area contributed by atoms with Crippen molar-refractivity contribution in [2.24, 2.45) is 0 Å². The molecule has 1 aromatic carbocycles. The third kappa shape index (κ3) is 4.33. The number of pyridine rings is 1. The van der Waals surface area contributed by atoms with E-state index in [0.29, 0.717) is 32.8 Å². The Morgan fingerprint density at radius 3 is 2.62 bits per heavy atom. The monoisotopic (exact) mass is 389 g/mol. The molecule has 2 aromatic rings. The van der Waals surface area contributed by atoms with Crippen molar-refractivity contribution >= 4 is 27.7 Å². The summed E-state index contributed by atoms with van der Waals surface area (Å²) in [6.07, 6.45) is 1.74. The Morgan fingerprint density at radius 2 is 1.96 bits per heavy atom. The molecule has 0 spiro atoms. The lowest BCUT2D eigenvalue weighted by molar-refractivity contribution is -0.136. The van der Waals surface area contributed by atoms with Crippen molar-refractivity contribution in [3.63, 3.8) is 0 Å². The number of ether oxygens (including phenoxy) is 1. The first kappa shape index (κ1) is 16.9. The van der Waals surface area contributed by atoms with Crippen LogP contribution in [0, 0.1) is 0 Å². The van der Waals surface area contributed by atoms with Gasteiger partial charge in [-0.05, 0) is 33.6 Å². The van der Waals surface area contributed by atoms with E-state index in [1.807, 2.05) is 47.4 Å². The molecule has 2 heterocycles. The molecular weight excluding hydrogens is 370 g/mol. The summed E-state index contributed by atoms with van der Waals surface area (Å²) in [4.78, 5) is 19.2. The van der Waals surface area contributed by atoms with E-state index in [4.69, 9.17) is 4.74 Å². The summed E-state index contributed by atoms with van der Waals surface area (Å²) in [5.74, 6) is 0.651. The standard InChI is InChI=1S/C18H20BrN3O2/c19-15-6-7-17(20-12-15)21-13-16(14-4-2-1-3-5-14)18(23)22-8-10-24-11-9-22/h1-7,12,16H,8-11,13H2,(H,20,21). The predicted octanol–water partition coefficient (Wildman–Crippen LogP) is 2.90. The summed E-state index contributed by atoms with van der Waals surface area (Å²) in [5, 5.41) is 3.28. The van der Waals surface area contributed by atoms with Gasteiger partial charge in [0.05, 0.1) is 19.1 Å². The van der Waals surface area contributed by atoms with Crippen LogP contribution in [-0.2, 0) is 9.53 Å². The van der Waals surface area contributed by atoms with E-state index in [1.54, 1.807) is 6.20 Å². The first-order chi connectivity index (χ1) is 11.7. The van der Waals surface area contributed by atoms with E-state index >= 15 is 0 Å². The third-order valence-corrected chi connectivity index (χ3v) is 4.51. The van der Waals surface area contributed by atoms with Gasteiger partial charge in [0, 0.05) is 30.3 Å². The number of morpholine rings is 1. The maximum absolute atomic E-state index is 13.0. The van der Waals surface area contributed by atoms with Crippen molar-refractivity contribution in [1.82, 2.24) is 9.88 Å². The largest absolute Gasteiger partial charge is 0.378 e. The molecule has 0 saturated carbocycles. The van der Waals surface area contributed by atoms with Crippen molar-refractivity contribution in [2.45, 2.75) is 5.92 Å². The van der Waals surface area contributed by atoms with Crippen LogP contribution < -0.4 is 5.32 Å². The smallest absolute Gasteiger partial charge is 0.232 e. The number of nitrogens with one attached hydrogen (secondary N) is 1. The molecule has 3 rings (SSSR count). The molecule has 1 aliphatic heterocycles. The normalized spacial score (nSPS) is 15.8. The quantitative estimate of drug-likeness (QED) is 0.853. The Kier molecular flexibility index (Phi) is 5.82. The van der Waals surface area contributed by atoms with Crippen molar-refractivity contribution in [3.8, 4) is 0 Å². The Labute approximate surface area is 150 Å². The number of aromatic nitrogens is 1. The molecule has 1 amide bonds. The van der Waals surface area contributed by atoms with Gasteiger partial charge >= 0.3 is 0 Å². The number of hydrogen-bond donors (Lipinski definition) is 1. The van der Waals surface area contributed by atoms with Crippen LogP contribution in [0.5, 0.6) is 0 Å². The van der Waals surface area contributed by atoms with E-state index in [0.717, 1.165) is 15.9 Å². The van der Waals surface area contributed by atoms with E-state index in [-0.39, 0.29) is 11.8 Å². The summed E-state index contributed by atoms with van der Waals surface area (Å²) in [7, 11) is 0. The highest BCUT2D eigenvalue weighted by molar-refractivity contribution is 9.10. The van der Waals surface area contributed by atoms with Crippen LogP contribution in [0.25, 0.3) is 0 Å². The number of nitrogens with zero attached hydrogens (tertiary/aromatic N) is 2. The molecule has 6 heteroatoms. The minimum atomic E-state index is -0.241. The zero-order chi connectivity index (χ0) is 16.8. The van der Waals surface area contributed by atoms with Crippen LogP contribution >= 0.6 is 15.9 Å². The molecule has 126 valence electrons. The van der Waals surface area contributed by atoms with Gasteiger partial charge < -0.3 is 15.0 Å².